The lowest BCUT2D eigenvalue weighted by molar-refractivity contribution is -0.140. The van der Waals surface area contributed by atoms with E-state index in [2.05, 4.69) is 5.32 Å². The first kappa shape index (κ1) is 26.7. The first-order valence-corrected chi connectivity index (χ1v) is 13.5. The summed E-state index contributed by atoms with van der Waals surface area (Å²) >= 11 is 12.4. The Bertz CT molecular complexity index is 1460. The lowest BCUT2D eigenvalue weighted by atomic mass is 10.0. The van der Waals surface area contributed by atoms with Crippen molar-refractivity contribution < 1.29 is 22.8 Å². The van der Waals surface area contributed by atoms with E-state index in [1.807, 2.05) is 30.3 Å². The molecule has 3 aromatic carbocycles. The molecule has 1 atom stereocenters. The number of nitrogens with one attached hydrogen (secondary N) is 1. The number of fused-ring (bicyclic) bond motifs is 1. The summed E-state index contributed by atoms with van der Waals surface area (Å²) in [7, 11) is -2.78. The van der Waals surface area contributed by atoms with Gasteiger partial charge in [-0.15, -0.1) is 0 Å². The highest BCUT2D eigenvalue weighted by molar-refractivity contribution is 7.90. The van der Waals surface area contributed by atoms with Crippen molar-refractivity contribution in [1.29, 1.82) is 0 Å². The SMILES string of the molecule is CNC(=O)C(Cc1ccccc1)N(Cc1ccc(Cl)cc1Cl)C(=O)CN1C(=O)c2ccccc2S1(=O)=O. The van der Waals surface area contributed by atoms with Crippen LogP contribution >= 0.6 is 23.2 Å². The van der Waals surface area contributed by atoms with Crippen LogP contribution in [0, 0.1) is 0 Å². The number of sulfonamides is 1. The molecule has 3 amide bonds. The van der Waals surface area contributed by atoms with Crippen LogP contribution in [-0.4, -0.2) is 55.0 Å². The maximum absolute atomic E-state index is 13.7. The molecule has 4 rings (SSSR count). The zero-order valence-electron chi connectivity index (χ0n) is 19.7. The van der Waals surface area contributed by atoms with E-state index in [0.29, 0.717) is 14.9 Å². The molecule has 3 aromatic rings. The predicted octanol–water partition coefficient (Wildman–Crippen LogP) is 3.52. The fraction of sp³-hybridized carbons (Fsp3) is 0.192. The number of hydrogen-bond donors (Lipinski definition) is 1. The largest absolute Gasteiger partial charge is 0.357 e. The summed E-state index contributed by atoms with van der Waals surface area (Å²) in [6.07, 6.45) is 0.151. The average molecular weight is 560 g/mol. The smallest absolute Gasteiger partial charge is 0.269 e. The van der Waals surface area contributed by atoms with Crippen molar-refractivity contribution in [2.45, 2.75) is 23.9 Å². The van der Waals surface area contributed by atoms with E-state index < -0.39 is 40.3 Å². The van der Waals surface area contributed by atoms with Crippen molar-refractivity contribution in [3.8, 4) is 0 Å². The summed E-state index contributed by atoms with van der Waals surface area (Å²) < 4.78 is 26.7. The minimum atomic E-state index is -4.23. The van der Waals surface area contributed by atoms with E-state index in [0.717, 1.165) is 5.56 Å². The summed E-state index contributed by atoms with van der Waals surface area (Å²) in [5.74, 6) is -1.99. The van der Waals surface area contributed by atoms with Crippen LogP contribution in [0.2, 0.25) is 10.0 Å². The van der Waals surface area contributed by atoms with Crippen LogP contribution in [0.4, 0.5) is 0 Å². The minimum absolute atomic E-state index is 0.00488. The van der Waals surface area contributed by atoms with Crippen molar-refractivity contribution in [2.24, 2.45) is 0 Å². The summed E-state index contributed by atoms with van der Waals surface area (Å²) in [6.45, 7) is -0.891. The zero-order chi connectivity index (χ0) is 26.7. The third-order valence-electron chi connectivity index (χ3n) is 6.06. The Kier molecular flexibility index (Phi) is 7.87. The Morgan fingerprint density at radius 3 is 2.32 bits per heavy atom. The molecule has 0 bridgehead atoms. The van der Waals surface area contributed by atoms with Gasteiger partial charge in [-0.2, -0.15) is 0 Å². The summed E-state index contributed by atoms with van der Waals surface area (Å²) in [6, 6.07) is 18.6. The number of likely N-dealkylation sites (N-methyl/N-ethyl adjacent to an activating group) is 1. The standard InChI is InChI=1S/C26H23Cl2N3O5S/c1-29-25(33)22(13-17-7-3-2-4-8-17)30(15-18-11-12-19(27)14-21(18)28)24(32)16-31-26(34)20-9-5-6-10-23(20)37(31,35)36/h2-12,14,22H,13,15-16H2,1H3,(H,29,33). The van der Waals surface area contributed by atoms with Gasteiger partial charge in [0, 0.05) is 30.1 Å². The lowest BCUT2D eigenvalue weighted by Crippen LogP contribution is -2.52. The Morgan fingerprint density at radius 1 is 1.00 bits per heavy atom. The van der Waals surface area contributed by atoms with Crippen LogP contribution < -0.4 is 5.32 Å². The second kappa shape index (κ2) is 10.9. The van der Waals surface area contributed by atoms with E-state index in [1.165, 1.54) is 36.2 Å². The maximum Gasteiger partial charge on any atom is 0.269 e. The van der Waals surface area contributed by atoms with Crippen molar-refractivity contribution in [3.05, 3.63) is 99.5 Å². The maximum atomic E-state index is 13.7. The van der Waals surface area contributed by atoms with E-state index >= 15 is 0 Å². The molecule has 0 aliphatic carbocycles. The van der Waals surface area contributed by atoms with Crippen LogP contribution in [0.1, 0.15) is 21.5 Å². The van der Waals surface area contributed by atoms with Gasteiger partial charge >= 0.3 is 0 Å². The Balaban J connectivity index is 1.72. The van der Waals surface area contributed by atoms with Crippen LogP contribution in [0.3, 0.4) is 0 Å². The van der Waals surface area contributed by atoms with Crippen molar-refractivity contribution in [1.82, 2.24) is 14.5 Å². The molecule has 37 heavy (non-hydrogen) atoms. The van der Waals surface area contributed by atoms with Gasteiger partial charge in [0.2, 0.25) is 11.8 Å². The number of hydrogen-bond acceptors (Lipinski definition) is 5. The molecule has 1 aliphatic rings. The highest BCUT2D eigenvalue weighted by Gasteiger charge is 2.43. The highest BCUT2D eigenvalue weighted by Crippen LogP contribution is 2.30. The van der Waals surface area contributed by atoms with Gasteiger partial charge in [0.1, 0.15) is 17.5 Å². The normalized spacial score (nSPS) is 14.7. The number of carbonyl (C=O) groups is 3. The first-order chi connectivity index (χ1) is 17.6. The summed E-state index contributed by atoms with van der Waals surface area (Å²) in [5.41, 5.74) is 1.28. The van der Waals surface area contributed by atoms with E-state index in [9.17, 15) is 22.8 Å². The average Bonchev–Trinajstić information content (AvgIpc) is 3.08. The van der Waals surface area contributed by atoms with Crippen LogP contribution in [0.5, 0.6) is 0 Å². The van der Waals surface area contributed by atoms with Gasteiger partial charge in [0.25, 0.3) is 15.9 Å². The molecular weight excluding hydrogens is 537 g/mol. The molecule has 192 valence electrons. The third kappa shape index (κ3) is 5.49. The van der Waals surface area contributed by atoms with Crippen molar-refractivity contribution in [2.75, 3.05) is 13.6 Å². The molecule has 1 aliphatic heterocycles. The first-order valence-electron chi connectivity index (χ1n) is 11.3. The van der Waals surface area contributed by atoms with Gasteiger partial charge < -0.3 is 10.2 Å². The third-order valence-corrected chi connectivity index (χ3v) is 8.44. The minimum Gasteiger partial charge on any atom is -0.357 e. The molecule has 0 fully saturated rings. The number of amides is 3. The number of rotatable bonds is 8. The van der Waals surface area contributed by atoms with Crippen LogP contribution in [0.25, 0.3) is 0 Å². The highest BCUT2D eigenvalue weighted by atomic mass is 35.5. The summed E-state index contributed by atoms with van der Waals surface area (Å²) in [5, 5.41) is 3.25. The van der Waals surface area contributed by atoms with E-state index in [4.69, 9.17) is 23.2 Å². The Labute approximate surface area is 224 Å². The van der Waals surface area contributed by atoms with Crippen LogP contribution in [0.15, 0.2) is 77.7 Å². The molecule has 8 nitrogen and oxygen atoms in total. The molecule has 0 saturated carbocycles. The zero-order valence-corrected chi connectivity index (χ0v) is 22.1. The summed E-state index contributed by atoms with van der Waals surface area (Å²) in [4.78, 5) is 40.8. The molecule has 11 heteroatoms. The fourth-order valence-corrected chi connectivity index (χ4v) is 6.14. The van der Waals surface area contributed by atoms with Gasteiger partial charge in [0.15, 0.2) is 0 Å². The van der Waals surface area contributed by atoms with Gasteiger partial charge in [-0.05, 0) is 35.4 Å². The molecule has 1 heterocycles. The second-order valence-corrected chi connectivity index (χ2v) is 11.1. The topological polar surface area (TPSA) is 104 Å². The van der Waals surface area contributed by atoms with Crippen molar-refractivity contribution >= 4 is 50.9 Å². The molecular formula is C26H23Cl2N3O5S. The monoisotopic (exact) mass is 559 g/mol. The van der Waals surface area contributed by atoms with Gasteiger partial charge in [-0.1, -0.05) is 71.7 Å². The molecule has 0 spiro atoms. The van der Waals surface area contributed by atoms with Gasteiger partial charge in [0.05, 0.1) is 5.56 Å². The van der Waals surface area contributed by atoms with Gasteiger partial charge in [-0.25, -0.2) is 12.7 Å². The van der Waals surface area contributed by atoms with E-state index in [1.54, 1.807) is 18.2 Å². The van der Waals surface area contributed by atoms with Crippen molar-refractivity contribution in [3.63, 3.8) is 0 Å². The lowest BCUT2D eigenvalue weighted by Gasteiger charge is -2.32. The Morgan fingerprint density at radius 2 is 1.68 bits per heavy atom. The fourth-order valence-electron chi connectivity index (χ4n) is 4.15. The molecule has 0 radical (unpaired) electrons. The number of nitrogens with zero attached hydrogens (tertiary/aromatic N) is 2. The molecule has 1 N–H and O–H groups in total. The molecule has 0 aromatic heterocycles. The van der Waals surface area contributed by atoms with Gasteiger partial charge in [-0.3, -0.25) is 14.4 Å². The van der Waals surface area contributed by atoms with E-state index in [-0.39, 0.29) is 28.4 Å². The second-order valence-electron chi connectivity index (χ2n) is 8.39. The Hall–Kier alpha value is -3.40. The predicted molar refractivity (Wildman–Crippen MR) is 140 cm³/mol. The van der Waals surface area contributed by atoms with Crippen LogP contribution in [-0.2, 0) is 32.6 Å². The quantitative estimate of drug-likeness (QED) is 0.454. The number of benzene rings is 3. The molecule has 1 unspecified atom stereocenters. The molecule has 0 saturated heterocycles. The number of carbonyl (C=O) groups excluding carboxylic acids is 3. The number of halogens is 2.